The molecule has 1 fully saturated rings. The summed E-state index contributed by atoms with van der Waals surface area (Å²) in [6, 6.07) is 6.52. The summed E-state index contributed by atoms with van der Waals surface area (Å²) in [4.78, 5) is 0. The quantitative estimate of drug-likeness (QED) is 0.569. The third-order valence-electron chi connectivity index (χ3n) is 1.82. The molecule has 1 atom stereocenters. The van der Waals surface area contributed by atoms with Crippen molar-refractivity contribution in [1.29, 1.82) is 0 Å². The lowest BCUT2D eigenvalue weighted by Gasteiger charge is -2.09. The molecule has 1 aliphatic heterocycles. The smallest absolute Gasteiger partial charge is 0.123 e. The van der Waals surface area contributed by atoms with Gasteiger partial charge in [-0.3, -0.25) is 5.32 Å². The summed E-state index contributed by atoms with van der Waals surface area (Å²) in [6.07, 6.45) is 0.0145. The van der Waals surface area contributed by atoms with Gasteiger partial charge in [-0.2, -0.15) is 0 Å². The molecule has 1 aromatic rings. The Morgan fingerprint density at radius 2 is 2.33 bits per heavy atom. The molecule has 0 aromatic heterocycles. The third-order valence-corrected chi connectivity index (χ3v) is 1.82. The van der Waals surface area contributed by atoms with Gasteiger partial charge >= 0.3 is 0 Å². The normalized spacial score (nSPS) is 22.9. The van der Waals surface area contributed by atoms with Gasteiger partial charge in [0, 0.05) is 0 Å². The summed E-state index contributed by atoms with van der Waals surface area (Å²) in [5.74, 6) is -0.206. The predicted octanol–water partition coefficient (Wildman–Crippen LogP) is 0.479. The Bertz CT molecular complexity index is 271. The van der Waals surface area contributed by atoms with E-state index in [9.17, 15) is 4.39 Å². The monoisotopic (exact) mass is 167 g/mol. The number of hydrogen-bond donors (Lipinski definition) is 3. The van der Waals surface area contributed by atoms with Crippen molar-refractivity contribution in [3.63, 3.8) is 0 Å². The van der Waals surface area contributed by atoms with Gasteiger partial charge in [0.05, 0.1) is 12.8 Å². The average molecular weight is 167 g/mol. The standard InChI is InChI=1S/C8H10FN3/c9-7-3-1-2-6(4-7)8-10-5-11-12-8/h1-4,8,10-12H,5H2. The molecule has 1 saturated heterocycles. The molecule has 0 amide bonds. The molecule has 0 spiro atoms. The fraction of sp³-hybridized carbons (Fsp3) is 0.250. The molecule has 2 rings (SSSR count). The van der Waals surface area contributed by atoms with E-state index in [1.807, 2.05) is 6.07 Å². The molecule has 1 unspecified atom stereocenters. The topological polar surface area (TPSA) is 36.1 Å². The maximum absolute atomic E-state index is 12.7. The SMILES string of the molecule is Fc1cccc(C2NCNN2)c1. The lowest BCUT2D eigenvalue weighted by molar-refractivity contribution is 0.547. The highest BCUT2D eigenvalue weighted by Crippen LogP contribution is 2.11. The van der Waals surface area contributed by atoms with Gasteiger partial charge in [0.1, 0.15) is 5.82 Å². The van der Waals surface area contributed by atoms with Crippen molar-refractivity contribution in [3.8, 4) is 0 Å². The van der Waals surface area contributed by atoms with E-state index in [1.54, 1.807) is 6.07 Å². The first-order valence-electron chi connectivity index (χ1n) is 3.83. The van der Waals surface area contributed by atoms with Crippen LogP contribution in [0.1, 0.15) is 11.7 Å². The van der Waals surface area contributed by atoms with Crippen molar-refractivity contribution in [2.45, 2.75) is 6.17 Å². The minimum Gasteiger partial charge on any atom is -0.283 e. The molecule has 0 radical (unpaired) electrons. The van der Waals surface area contributed by atoms with E-state index in [1.165, 1.54) is 12.1 Å². The van der Waals surface area contributed by atoms with Crippen LogP contribution in [0.5, 0.6) is 0 Å². The van der Waals surface area contributed by atoms with Gasteiger partial charge in [0.15, 0.2) is 0 Å². The second-order valence-electron chi connectivity index (χ2n) is 2.69. The van der Waals surface area contributed by atoms with Gasteiger partial charge in [-0.1, -0.05) is 12.1 Å². The first-order chi connectivity index (χ1) is 5.86. The van der Waals surface area contributed by atoms with Gasteiger partial charge in [0.2, 0.25) is 0 Å². The zero-order chi connectivity index (χ0) is 8.39. The molecule has 0 aliphatic carbocycles. The zero-order valence-corrected chi connectivity index (χ0v) is 6.47. The molecule has 12 heavy (non-hydrogen) atoms. The van der Waals surface area contributed by atoms with Crippen LogP contribution in [0.3, 0.4) is 0 Å². The summed E-state index contributed by atoms with van der Waals surface area (Å²) in [6.45, 7) is 0.696. The van der Waals surface area contributed by atoms with Crippen LogP contribution in [0.2, 0.25) is 0 Å². The Morgan fingerprint density at radius 1 is 1.42 bits per heavy atom. The molecule has 3 nitrogen and oxygen atoms in total. The number of rotatable bonds is 1. The van der Waals surface area contributed by atoms with Gasteiger partial charge in [-0.15, -0.1) is 0 Å². The van der Waals surface area contributed by atoms with Crippen molar-refractivity contribution < 1.29 is 4.39 Å². The predicted molar refractivity (Wildman–Crippen MR) is 43.4 cm³/mol. The molecular formula is C8H10FN3. The van der Waals surface area contributed by atoms with E-state index in [-0.39, 0.29) is 12.0 Å². The van der Waals surface area contributed by atoms with E-state index >= 15 is 0 Å². The van der Waals surface area contributed by atoms with E-state index < -0.39 is 0 Å². The molecule has 1 aromatic carbocycles. The number of nitrogens with one attached hydrogen (secondary N) is 3. The average Bonchev–Trinajstić information content (AvgIpc) is 2.56. The maximum atomic E-state index is 12.7. The molecular weight excluding hydrogens is 157 g/mol. The van der Waals surface area contributed by atoms with Crippen molar-refractivity contribution in [1.82, 2.24) is 16.2 Å². The Balaban J connectivity index is 2.21. The number of hydrazine groups is 1. The summed E-state index contributed by atoms with van der Waals surface area (Å²) < 4.78 is 12.7. The van der Waals surface area contributed by atoms with E-state index in [2.05, 4.69) is 16.2 Å². The van der Waals surface area contributed by atoms with Crippen molar-refractivity contribution in [3.05, 3.63) is 35.6 Å². The highest BCUT2D eigenvalue weighted by Gasteiger charge is 2.14. The second kappa shape index (κ2) is 3.18. The van der Waals surface area contributed by atoms with Crippen LogP contribution in [-0.4, -0.2) is 6.67 Å². The molecule has 0 saturated carbocycles. The lowest BCUT2D eigenvalue weighted by atomic mass is 10.2. The molecule has 4 heteroatoms. The van der Waals surface area contributed by atoms with Crippen LogP contribution in [0, 0.1) is 5.82 Å². The Labute approximate surface area is 69.9 Å². The molecule has 3 N–H and O–H groups in total. The molecule has 64 valence electrons. The highest BCUT2D eigenvalue weighted by atomic mass is 19.1. The molecule has 1 heterocycles. The minimum absolute atomic E-state index is 0.0145. The molecule has 0 bridgehead atoms. The first kappa shape index (κ1) is 7.67. The second-order valence-corrected chi connectivity index (χ2v) is 2.69. The van der Waals surface area contributed by atoms with E-state index in [0.717, 1.165) is 5.56 Å². The lowest BCUT2D eigenvalue weighted by Crippen LogP contribution is -2.25. The summed E-state index contributed by atoms with van der Waals surface area (Å²) in [7, 11) is 0. The van der Waals surface area contributed by atoms with E-state index in [4.69, 9.17) is 0 Å². The van der Waals surface area contributed by atoms with E-state index in [0.29, 0.717) is 6.67 Å². The zero-order valence-electron chi connectivity index (χ0n) is 6.47. The van der Waals surface area contributed by atoms with Crippen LogP contribution >= 0.6 is 0 Å². The third kappa shape index (κ3) is 1.45. The minimum atomic E-state index is -0.206. The number of halogens is 1. The van der Waals surface area contributed by atoms with Crippen molar-refractivity contribution in [2.24, 2.45) is 0 Å². The van der Waals surface area contributed by atoms with Crippen LogP contribution in [0.15, 0.2) is 24.3 Å². The van der Waals surface area contributed by atoms with Crippen LogP contribution in [-0.2, 0) is 0 Å². The van der Waals surface area contributed by atoms with Crippen LogP contribution < -0.4 is 16.2 Å². The van der Waals surface area contributed by atoms with Gasteiger partial charge < -0.3 is 0 Å². The summed E-state index contributed by atoms with van der Waals surface area (Å²) >= 11 is 0. The van der Waals surface area contributed by atoms with Gasteiger partial charge in [-0.05, 0) is 17.7 Å². The maximum Gasteiger partial charge on any atom is 0.123 e. The first-order valence-corrected chi connectivity index (χ1v) is 3.83. The number of benzene rings is 1. The summed E-state index contributed by atoms with van der Waals surface area (Å²) in [5.41, 5.74) is 6.78. The van der Waals surface area contributed by atoms with Gasteiger partial charge in [-0.25, -0.2) is 15.2 Å². The fourth-order valence-corrected chi connectivity index (χ4v) is 1.24. The summed E-state index contributed by atoms with van der Waals surface area (Å²) in [5, 5.41) is 3.11. The van der Waals surface area contributed by atoms with Crippen molar-refractivity contribution in [2.75, 3.05) is 6.67 Å². The van der Waals surface area contributed by atoms with Crippen LogP contribution in [0.4, 0.5) is 4.39 Å². The van der Waals surface area contributed by atoms with Crippen LogP contribution in [0.25, 0.3) is 0 Å². The Kier molecular flexibility index (Phi) is 2.03. The Morgan fingerprint density at radius 3 is 3.00 bits per heavy atom. The van der Waals surface area contributed by atoms with Gasteiger partial charge in [0.25, 0.3) is 0 Å². The largest absolute Gasteiger partial charge is 0.283 e. The number of hydrogen-bond acceptors (Lipinski definition) is 3. The van der Waals surface area contributed by atoms with Crippen molar-refractivity contribution >= 4 is 0 Å². The fourth-order valence-electron chi connectivity index (χ4n) is 1.24. The Hall–Kier alpha value is -0.970. The highest BCUT2D eigenvalue weighted by molar-refractivity contribution is 5.19. The molecule has 1 aliphatic rings.